The number of imide groups is 1. The molecule has 15 nitrogen and oxygen atoms in total. The van der Waals surface area contributed by atoms with Gasteiger partial charge in [0, 0.05) is 124 Å². The number of nitrogens with zero attached hydrogens (tertiary/aromatic N) is 8. The first kappa shape index (κ1) is 47.2. The number of halogens is 2. The number of hydrogen-bond donors (Lipinski definition) is 3. The normalized spacial score (nSPS) is 26.1. The first-order valence-corrected chi connectivity index (χ1v) is 26.8. The molecule has 5 atom stereocenters. The quantitative estimate of drug-likeness (QED) is 0.101. The maximum absolute atomic E-state index is 17.4. The van der Waals surface area contributed by atoms with Crippen LogP contribution >= 0.6 is 0 Å². The SMILES string of the molecule is C#Cc1c(F)ccc2cc(O)cc(-c3ncc4c(N5CC6CC7CCC7CC(C5)N6)nc(OCC5(CN6CCN(CC7CCN(c8ccc9c(c8)CN(C8CCC(=O)NC8=O)C9=O)CC7)CC6)CC5)nc4c3F)c12. The highest BCUT2D eigenvalue weighted by Gasteiger charge is 2.46. The van der Waals surface area contributed by atoms with Gasteiger partial charge in [-0.2, -0.15) is 9.97 Å². The number of piperidine rings is 2. The van der Waals surface area contributed by atoms with Crippen LogP contribution in [-0.4, -0.2) is 143 Å². The monoisotopic (exact) mass is 1000 g/mol. The third-order valence-electron chi connectivity index (χ3n) is 18.0. The van der Waals surface area contributed by atoms with E-state index in [0.29, 0.717) is 47.6 Å². The van der Waals surface area contributed by atoms with Gasteiger partial charge in [0.1, 0.15) is 34.6 Å². The molecule has 0 radical (unpaired) electrons. The summed E-state index contributed by atoms with van der Waals surface area (Å²) >= 11 is 0. The summed E-state index contributed by atoms with van der Waals surface area (Å²) < 4.78 is 39.1. The van der Waals surface area contributed by atoms with E-state index in [1.807, 2.05) is 12.1 Å². The predicted molar refractivity (Wildman–Crippen MR) is 276 cm³/mol. The summed E-state index contributed by atoms with van der Waals surface area (Å²) in [7, 11) is 0. The van der Waals surface area contributed by atoms with Crippen molar-refractivity contribution in [1.29, 1.82) is 0 Å². The van der Waals surface area contributed by atoms with Crippen molar-refractivity contribution in [3.63, 3.8) is 0 Å². The first-order valence-electron chi connectivity index (χ1n) is 26.8. The fraction of sp³-hybridized carbons (Fsp3) is 0.509. The Morgan fingerprint density at radius 2 is 1.61 bits per heavy atom. The molecule has 3 aromatic carbocycles. The number of aromatic hydroxyl groups is 1. The van der Waals surface area contributed by atoms with Crippen molar-refractivity contribution in [2.24, 2.45) is 23.2 Å². The third kappa shape index (κ3) is 8.75. The predicted octanol–water partition coefficient (Wildman–Crippen LogP) is 6.23. The van der Waals surface area contributed by atoms with Crippen LogP contribution in [0, 0.1) is 47.1 Å². The average Bonchev–Trinajstić information content (AvgIpc) is 4.11. The second kappa shape index (κ2) is 18.7. The molecule has 0 spiro atoms. The van der Waals surface area contributed by atoms with E-state index in [4.69, 9.17) is 21.1 Å². The van der Waals surface area contributed by atoms with E-state index < -0.39 is 23.6 Å². The number of terminal acetylenes is 1. The Bertz CT molecular complexity index is 3130. The summed E-state index contributed by atoms with van der Waals surface area (Å²) in [4.78, 5) is 63.5. The lowest BCUT2D eigenvalue weighted by Crippen LogP contribution is -2.56. The van der Waals surface area contributed by atoms with Crippen molar-refractivity contribution in [1.82, 2.24) is 40.3 Å². The van der Waals surface area contributed by atoms with Crippen molar-refractivity contribution >= 4 is 50.9 Å². The molecule has 13 rings (SSSR count). The maximum atomic E-state index is 17.4. The summed E-state index contributed by atoms with van der Waals surface area (Å²) in [5.74, 6) is 2.82. The Morgan fingerprint density at radius 3 is 2.32 bits per heavy atom. The molecule has 3 N–H and O–H groups in total. The summed E-state index contributed by atoms with van der Waals surface area (Å²) in [5.41, 5.74) is 2.74. The van der Waals surface area contributed by atoms with Crippen LogP contribution in [0.2, 0.25) is 0 Å². The van der Waals surface area contributed by atoms with Crippen LogP contribution in [0.25, 0.3) is 32.9 Å². The van der Waals surface area contributed by atoms with Gasteiger partial charge < -0.3 is 39.7 Å². The van der Waals surface area contributed by atoms with Gasteiger partial charge in [0.15, 0.2) is 5.82 Å². The van der Waals surface area contributed by atoms with E-state index in [1.54, 1.807) is 11.1 Å². The van der Waals surface area contributed by atoms with E-state index in [9.17, 15) is 19.5 Å². The van der Waals surface area contributed by atoms with Gasteiger partial charge in [-0.15, -0.1) is 6.42 Å². The van der Waals surface area contributed by atoms with Gasteiger partial charge in [-0.05, 0) is 123 Å². The molecule has 2 aromatic heterocycles. The van der Waals surface area contributed by atoms with Crippen LogP contribution in [0.1, 0.15) is 85.7 Å². The standard InChI is InChI=1S/C57H62F2N10O5/c1-2-42-46(58)8-5-36-24-41(70)25-44(49(36)42)51-50(59)52-45(26-60-51)53(68-29-38-21-34-3-4-35(34)22-39(30-68)61-38)64-56(63-52)74-32-57(13-14-57)31-66-19-17-65(18-20-66)27-33-11-15-67(16-12-33)40-6-7-43-37(23-40)28-69(55(43)73)47-9-10-48(71)62-54(47)72/h1,5-8,23-26,33-35,38-39,47,61,70H,3-4,9-22,27-32H2,(H,62,71,72). The molecule has 2 bridgehead atoms. The van der Waals surface area contributed by atoms with E-state index in [2.05, 4.69) is 47.2 Å². The largest absolute Gasteiger partial charge is 0.508 e. The lowest BCUT2D eigenvalue weighted by molar-refractivity contribution is -0.136. The summed E-state index contributed by atoms with van der Waals surface area (Å²) in [6.07, 6.45) is 17.0. The number of rotatable bonds is 11. The van der Waals surface area contributed by atoms with Crippen molar-refractivity contribution in [3.8, 4) is 35.4 Å². The van der Waals surface area contributed by atoms with E-state index in [1.165, 1.54) is 37.1 Å². The Kier molecular flexibility index (Phi) is 12.0. The number of fused-ring (bicyclic) bond motifs is 6. The topological polar surface area (TPSA) is 160 Å². The van der Waals surface area contributed by atoms with Gasteiger partial charge in [-0.1, -0.05) is 12.0 Å². The first-order chi connectivity index (χ1) is 35.9. The average molecular weight is 1010 g/mol. The number of carbonyl (C=O) groups is 3. The Hall–Kier alpha value is -6.48. The highest BCUT2D eigenvalue weighted by atomic mass is 19.1. The van der Waals surface area contributed by atoms with Gasteiger partial charge >= 0.3 is 6.01 Å². The van der Waals surface area contributed by atoms with Crippen molar-refractivity contribution < 1.29 is 33.0 Å². The van der Waals surface area contributed by atoms with Crippen LogP contribution in [0.3, 0.4) is 0 Å². The summed E-state index contributed by atoms with van der Waals surface area (Å²) in [6.45, 7) is 10.1. The second-order valence-corrected chi connectivity index (χ2v) is 22.7. The smallest absolute Gasteiger partial charge is 0.319 e. The van der Waals surface area contributed by atoms with Crippen LogP contribution in [-0.2, 0) is 16.1 Å². The summed E-state index contributed by atoms with van der Waals surface area (Å²) in [5, 5.41) is 18.3. The molecule has 6 aliphatic heterocycles. The fourth-order valence-electron chi connectivity index (χ4n) is 13.6. The Labute approximate surface area is 429 Å². The fourth-order valence-corrected chi connectivity index (χ4v) is 13.6. The second-order valence-electron chi connectivity index (χ2n) is 22.7. The molecule has 384 valence electrons. The number of hydrogen-bond acceptors (Lipinski definition) is 13. The number of phenolic OH excluding ortho intramolecular Hbond substituents is 1. The molecular formula is C57H62F2N10O5. The van der Waals surface area contributed by atoms with Gasteiger partial charge in [-0.25, -0.2) is 8.78 Å². The number of ether oxygens (including phenoxy) is 1. The van der Waals surface area contributed by atoms with E-state index in [-0.39, 0.29) is 75.2 Å². The molecule has 5 aromatic rings. The molecule has 17 heteroatoms. The lowest BCUT2D eigenvalue weighted by atomic mass is 9.69. The van der Waals surface area contributed by atoms with Gasteiger partial charge in [0.05, 0.1) is 17.6 Å². The molecule has 8 aliphatic rings. The van der Waals surface area contributed by atoms with E-state index >= 15 is 8.78 Å². The number of phenols is 1. The van der Waals surface area contributed by atoms with Crippen molar-refractivity contribution in [2.45, 2.75) is 88.9 Å². The zero-order chi connectivity index (χ0) is 50.4. The molecule has 2 saturated carbocycles. The molecule has 74 heavy (non-hydrogen) atoms. The number of nitrogens with one attached hydrogen (secondary N) is 2. The molecular weight excluding hydrogens is 943 g/mol. The minimum atomic E-state index is -0.718. The number of piperazine rings is 2. The van der Waals surface area contributed by atoms with Gasteiger partial charge in [-0.3, -0.25) is 24.7 Å². The highest BCUT2D eigenvalue weighted by Crippen LogP contribution is 2.48. The van der Waals surface area contributed by atoms with Crippen LogP contribution in [0.15, 0.2) is 48.7 Å². The number of carbonyl (C=O) groups excluding carboxylic acids is 3. The summed E-state index contributed by atoms with van der Waals surface area (Å²) in [6, 6.07) is 11.7. The van der Waals surface area contributed by atoms with Crippen LogP contribution in [0.4, 0.5) is 20.3 Å². The Morgan fingerprint density at radius 1 is 0.851 bits per heavy atom. The van der Waals surface area contributed by atoms with Crippen molar-refractivity contribution in [3.05, 3.63) is 77.0 Å². The van der Waals surface area contributed by atoms with Crippen LogP contribution < -0.4 is 25.2 Å². The molecule has 5 unspecified atom stereocenters. The minimum Gasteiger partial charge on any atom is -0.508 e. The molecule has 2 aliphatic carbocycles. The minimum absolute atomic E-state index is 0.0328. The maximum Gasteiger partial charge on any atom is 0.319 e. The highest BCUT2D eigenvalue weighted by molar-refractivity contribution is 6.06. The number of benzene rings is 3. The third-order valence-corrected chi connectivity index (χ3v) is 18.0. The molecule has 5 saturated heterocycles. The van der Waals surface area contributed by atoms with E-state index in [0.717, 1.165) is 127 Å². The van der Waals surface area contributed by atoms with Crippen LogP contribution in [0.5, 0.6) is 11.8 Å². The number of pyridine rings is 1. The molecule has 3 amide bonds. The van der Waals surface area contributed by atoms with Gasteiger partial charge in [0.2, 0.25) is 11.8 Å². The number of amides is 3. The van der Waals surface area contributed by atoms with Crippen molar-refractivity contribution in [2.75, 3.05) is 81.9 Å². The molecule has 7 fully saturated rings. The Balaban J connectivity index is 0.664. The molecule has 8 heterocycles. The number of anilines is 2. The zero-order valence-electron chi connectivity index (χ0n) is 41.6. The number of aromatic nitrogens is 3. The van der Waals surface area contributed by atoms with Gasteiger partial charge in [0.25, 0.3) is 5.91 Å². The lowest BCUT2D eigenvalue weighted by Gasteiger charge is -2.40. The zero-order valence-corrected chi connectivity index (χ0v) is 41.6.